The van der Waals surface area contributed by atoms with Crippen molar-refractivity contribution in [2.45, 2.75) is 32.6 Å². The van der Waals surface area contributed by atoms with Gasteiger partial charge in [0.05, 0.1) is 0 Å². The second-order valence-electron chi connectivity index (χ2n) is 4.43. The van der Waals surface area contributed by atoms with Crippen LogP contribution in [0.15, 0.2) is 12.1 Å². The van der Waals surface area contributed by atoms with E-state index in [1.165, 1.54) is 51.4 Å². The van der Waals surface area contributed by atoms with Crippen molar-refractivity contribution in [3.63, 3.8) is 0 Å². The van der Waals surface area contributed by atoms with Crippen LogP contribution in [0.4, 0.5) is 0 Å². The molecular weight excluding hydrogens is 297 g/mol. The molecule has 1 aliphatic rings. The molecule has 2 heteroatoms. The number of aryl methyl sites for hydroxylation is 3. The summed E-state index contributed by atoms with van der Waals surface area (Å²) in [6.07, 6.45) is 5.19. The molecule has 1 aromatic carbocycles. The van der Waals surface area contributed by atoms with Crippen molar-refractivity contribution < 1.29 is 0 Å². The van der Waals surface area contributed by atoms with E-state index in [0.29, 0.717) is 0 Å². The lowest BCUT2D eigenvalue weighted by atomic mass is 9.95. The fourth-order valence-electron chi connectivity index (χ4n) is 2.64. The summed E-state index contributed by atoms with van der Waals surface area (Å²) < 4.78 is 1.35. The van der Waals surface area contributed by atoms with Crippen molar-refractivity contribution in [2.75, 3.05) is 0 Å². The Labute approximate surface area is 103 Å². The highest BCUT2D eigenvalue weighted by Gasteiger charge is 2.16. The summed E-state index contributed by atoms with van der Waals surface area (Å²) in [5, 5.41) is 1.47. The number of fused-ring (bicyclic) bond motifs is 3. The maximum absolute atomic E-state index is 3.61. The van der Waals surface area contributed by atoms with Gasteiger partial charge in [-0.3, -0.25) is 0 Å². The van der Waals surface area contributed by atoms with Gasteiger partial charge in [0.1, 0.15) is 0 Å². The second kappa shape index (κ2) is 3.51. The van der Waals surface area contributed by atoms with Crippen LogP contribution in [0.5, 0.6) is 0 Å². The van der Waals surface area contributed by atoms with Gasteiger partial charge in [0, 0.05) is 20.2 Å². The predicted octanol–water partition coefficient (Wildman–Crippen LogP) is 3.96. The number of H-pyrrole nitrogens is 1. The van der Waals surface area contributed by atoms with Crippen molar-refractivity contribution >= 4 is 33.5 Å². The molecule has 0 aliphatic heterocycles. The Kier molecular flexibility index (Phi) is 2.27. The Bertz CT molecular complexity index is 525. The zero-order chi connectivity index (χ0) is 10.4. The van der Waals surface area contributed by atoms with Crippen LogP contribution in [-0.2, 0) is 12.8 Å². The van der Waals surface area contributed by atoms with Crippen molar-refractivity contribution in [1.29, 1.82) is 0 Å². The number of hydrogen-bond donors (Lipinski definition) is 1. The zero-order valence-corrected chi connectivity index (χ0v) is 11.0. The zero-order valence-electron chi connectivity index (χ0n) is 8.86. The maximum Gasteiger partial charge on any atom is 0.0489 e. The number of hydrogen-bond acceptors (Lipinski definition) is 0. The van der Waals surface area contributed by atoms with E-state index in [1.807, 2.05) is 0 Å². The first-order valence-electron chi connectivity index (χ1n) is 5.55. The average molecular weight is 311 g/mol. The minimum Gasteiger partial charge on any atom is -0.358 e. The van der Waals surface area contributed by atoms with E-state index in [4.69, 9.17) is 0 Å². The number of aromatic amines is 1. The molecule has 2 aromatic rings. The molecular formula is C13H14IN. The molecule has 0 atom stereocenters. The Balaban J connectivity index is 2.37. The van der Waals surface area contributed by atoms with Crippen LogP contribution >= 0.6 is 22.6 Å². The fraction of sp³-hybridized carbons (Fsp3) is 0.385. The summed E-state index contributed by atoms with van der Waals surface area (Å²) in [6.45, 7) is 2.20. The first-order chi connectivity index (χ1) is 7.25. The van der Waals surface area contributed by atoms with Gasteiger partial charge in [0.25, 0.3) is 0 Å². The number of benzene rings is 1. The topological polar surface area (TPSA) is 15.8 Å². The Morgan fingerprint density at radius 2 is 2.00 bits per heavy atom. The van der Waals surface area contributed by atoms with Crippen LogP contribution in [0.1, 0.15) is 29.7 Å². The molecule has 0 unspecified atom stereocenters. The monoisotopic (exact) mass is 311 g/mol. The van der Waals surface area contributed by atoms with Gasteiger partial charge in [-0.1, -0.05) is 0 Å². The third kappa shape index (κ3) is 1.50. The predicted molar refractivity (Wildman–Crippen MR) is 72.4 cm³/mol. The number of aromatic nitrogens is 1. The summed E-state index contributed by atoms with van der Waals surface area (Å²) in [6, 6.07) is 4.58. The van der Waals surface area contributed by atoms with Crippen molar-refractivity contribution in [3.05, 3.63) is 32.5 Å². The summed E-state index contributed by atoms with van der Waals surface area (Å²) in [7, 11) is 0. The quantitative estimate of drug-likeness (QED) is 0.709. The molecule has 0 bridgehead atoms. The molecule has 1 nitrogen and oxygen atoms in total. The number of halogens is 1. The molecule has 1 N–H and O–H groups in total. The summed E-state index contributed by atoms with van der Waals surface area (Å²) in [5.41, 5.74) is 5.81. The van der Waals surface area contributed by atoms with Crippen LogP contribution in [0.3, 0.4) is 0 Å². The van der Waals surface area contributed by atoms with E-state index in [0.717, 1.165) is 0 Å². The molecule has 15 heavy (non-hydrogen) atoms. The Morgan fingerprint density at radius 3 is 2.87 bits per heavy atom. The van der Waals surface area contributed by atoms with Gasteiger partial charge in [0.15, 0.2) is 0 Å². The molecule has 0 fully saturated rings. The van der Waals surface area contributed by atoms with Crippen molar-refractivity contribution in [3.8, 4) is 0 Å². The molecule has 0 amide bonds. The lowest BCUT2D eigenvalue weighted by Gasteiger charge is -2.10. The van der Waals surface area contributed by atoms with Gasteiger partial charge >= 0.3 is 0 Å². The molecule has 1 aliphatic carbocycles. The molecule has 1 aromatic heterocycles. The van der Waals surface area contributed by atoms with Gasteiger partial charge in [-0.25, -0.2) is 0 Å². The van der Waals surface area contributed by atoms with E-state index in [2.05, 4.69) is 46.6 Å². The minimum absolute atomic E-state index is 1.24. The lowest BCUT2D eigenvalue weighted by Crippen LogP contribution is -1.99. The summed E-state index contributed by atoms with van der Waals surface area (Å²) >= 11 is 2.41. The van der Waals surface area contributed by atoms with Crippen LogP contribution in [0.25, 0.3) is 10.9 Å². The smallest absolute Gasteiger partial charge is 0.0489 e. The van der Waals surface area contributed by atoms with Crippen molar-refractivity contribution in [2.24, 2.45) is 0 Å². The molecule has 3 rings (SSSR count). The molecule has 1 heterocycles. The van der Waals surface area contributed by atoms with E-state index >= 15 is 0 Å². The summed E-state index contributed by atoms with van der Waals surface area (Å²) in [4.78, 5) is 3.61. The van der Waals surface area contributed by atoms with Gasteiger partial charge in [-0.05, 0) is 78.5 Å². The first kappa shape index (κ1) is 9.70. The largest absolute Gasteiger partial charge is 0.358 e. The third-order valence-corrected chi connectivity index (χ3v) is 3.99. The van der Waals surface area contributed by atoms with Crippen LogP contribution < -0.4 is 0 Å². The van der Waals surface area contributed by atoms with Crippen LogP contribution in [0.2, 0.25) is 0 Å². The fourth-order valence-corrected chi connectivity index (χ4v) is 3.42. The number of nitrogens with one attached hydrogen (secondary N) is 1. The first-order valence-corrected chi connectivity index (χ1v) is 6.63. The Hall–Kier alpha value is -0.510. The van der Waals surface area contributed by atoms with Crippen LogP contribution in [0, 0.1) is 10.5 Å². The number of rotatable bonds is 0. The highest BCUT2D eigenvalue weighted by Crippen LogP contribution is 2.31. The van der Waals surface area contributed by atoms with E-state index in [1.54, 1.807) is 5.56 Å². The molecule has 0 saturated carbocycles. The Morgan fingerprint density at radius 1 is 1.20 bits per heavy atom. The molecule has 0 spiro atoms. The average Bonchev–Trinajstić information content (AvgIpc) is 2.57. The maximum atomic E-state index is 3.61. The van der Waals surface area contributed by atoms with E-state index < -0.39 is 0 Å². The molecule has 78 valence electrons. The lowest BCUT2D eigenvalue weighted by molar-refractivity contribution is 0.680. The highest BCUT2D eigenvalue weighted by atomic mass is 127. The highest BCUT2D eigenvalue weighted by molar-refractivity contribution is 14.1. The molecule has 0 radical (unpaired) electrons. The van der Waals surface area contributed by atoms with E-state index in [-0.39, 0.29) is 0 Å². The van der Waals surface area contributed by atoms with Crippen LogP contribution in [-0.4, -0.2) is 4.98 Å². The SMILES string of the molecule is Cc1cc(I)cc2c3c([nH]c12)CCCC3. The standard InChI is InChI=1S/C13H14IN/c1-8-6-9(14)7-11-10-4-2-3-5-12(10)15-13(8)11/h6-7,15H,2-5H2,1H3. The molecule has 0 saturated heterocycles. The van der Waals surface area contributed by atoms with Gasteiger partial charge < -0.3 is 4.98 Å². The minimum atomic E-state index is 1.24. The normalized spacial score (nSPS) is 15.6. The van der Waals surface area contributed by atoms with Gasteiger partial charge in [-0.15, -0.1) is 0 Å². The summed E-state index contributed by atoms with van der Waals surface area (Å²) in [5.74, 6) is 0. The van der Waals surface area contributed by atoms with Crippen molar-refractivity contribution in [1.82, 2.24) is 4.98 Å². The van der Waals surface area contributed by atoms with Gasteiger partial charge in [-0.2, -0.15) is 0 Å². The third-order valence-electron chi connectivity index (χ3n) is 3.37. The van der Waals surface area contributed by atoms with Gasteiger partial charge in [0.2, 0.25) is 0 Å². The second-order valence-corrected chi connectivity index (χ2v) is 5.68. The van der Waals surface area contributed by atoms with E-state index in [9.17, 15) is 0 Å².